The summed E-state index contributed by atoms with van der Waals surface area (Å²) >= 11 is 11.8. The van der Waals surface area contributed by atoms with Crippen LogP contribution < -0.4 is 5.73 Å². The largest absolute Gasteiger partial charge is 0.396 e. The lowest BCUT2D eigenvalue weighted by atomic mass is 10.0. The first-order valence-corrected chi connectivity index (χ1v) is 5.34. The van der Waals surface area contributed by atoms with Crippen molar-refractivity contribution in [1.29, 1.82) is 0 Å². The van der Waals surface area contributed by atoms with Gasteiger partial charge in [-0.05, 0) is 23.8 Å². The zero-order chi connectivity index (χ0) is 11.7. The van der Waals surface area contributed by atoms with Gasteiger partial charge in [0.05, 0.1) is 15.7 Å². The molecule has 0 fully saturated rings. The van der Waals surface area contributed by atoms with Crippen LogP contribution in [-0.2, 0) is 0 Å². The highest BCUT2D eigenvalue weighted by Gasteiger charge is 2.09. The van der Waals surface area contributed by atoms with Crippen LogP contribution in [0.25, 0.3) is 11.1 Å². The summed E-state index contributed by atoms with van der Waals surface area (Å²) in [6.07, 6.45) is 0. The van der Waals surface area contributed by atoms with E-state index in [-0.39, 0.29) is 5.82 Å². The van der Waals surface area contributed by atoms with Gasteiger partial charge in [-0.25, -0.2) is 4.39 Å². The molecule has 0 saturated heterocycles. The predicted molar refractivity (Wildman–Crippen MR) is 66.3 cm³/mol. The minimum Gasteiger partial charge on any atom is -0.396 e. The van der Waals surface area contributed by atoms with Gasteiger partial charge < -0.3 is 5.73 Å². The van der Waals surface area contributed by atoms with Gasteiger partial charge in [0, 0.05) is 5.56 Å². The van der Waals surface area contributed by atoms with E-state index in [2.05, 4.69) is 0 Å². The van der Waals surface area contributed by atoms with Crippen LogP contribution in [0.2, 0.25) is 10.0 Å². The van der Waals surface area contributed by atoms with Gasteiger partial charge in [0.1, 0.15) is 5.82 Å². The van der Waals surface area contributed by atoms with E-state index in [1.165, 1.54) is 6.07 Å². The number of hydrogen-bond donors (Lipinski definition) is 1. The normalized spacial score (nSPS) is 10.4. The molecule has 82 valence electrons. The molecule has 16 heavy (non-hydrogen) atoms. The van der Waals surface area contributed by atoms with Gasteiger partial charge in [-0.15, -0.1) is 0 Å². The number of anilines is 1. The van der Waals surface area contributed by atoms with Crippen molar-refractivity contribution in [2.24, 2.45) is 0 Å². The molecule has 0 amide bonds. The van der Waals surface area contributed by atoms with Gasteiger partial charge in [-0.1, -0.05) is 41.4 Å². The molecule has 0 saturated carbocycles. The highest BCUT2D eigenvalue weighted by atomic mass is 35.5. The third kappa shape index (κ3) is 1.99. The Morgan fingerprint density at radius 3 is 2.12 bits per heavy atom. The maximum atomic E-state index is 13.5. The second-order valence-corrected chi connectivity index (χ2v) is 4.15. The smallest absolute Gasteiger partial charge is 0.131 e. The summed E-state index contributed by atoms with van der Waals surface area (Å²) in [5.74, 6) is -0.320. The van der Waals surface area contributed by atoms with Crippen LogP contribution in [0, 0.1) is 5.82 Å². The lowest BCUT2D eigenvalue weighted by Gasteiger charge is -2.07. The van der Waals surface area contributed by atoms with Crippen molar-refractivity contribution in [3.8, 4) is 11.1 Å². The molecule has 2 rings (SSSR count). The van der Waals surface area contributed by atoms with Gasteiger partial charge in [-0.2, -0.15) is 0 Å². The number of benzene rings is 2. The molecule has 2 N–H and O–H groups in total. The molecule has 0 bridgehead atoms. The summed E-state index contributed by atoms with van der Waals surface area (Å²) in [7, 11) is 0. The molecule has 0 aliphatic heterocycles. The number of rotatable bonds is 1. The molecule has 0 spiro atoms. The molecule has 0 atom stereocenters. The number of hydrogen-bond acceptors (Lipinski definition) is 1. The maximum absolute atomic E-state index is 13.5. The first-order chi connectivity index (χ1) is 7.59. The zero-order valence-corrected chi connectivity index (χ0v) is 9.69. The van der Waals surface area contributed by atoms with Crippen molar-refractivity contribution >= 4 is 28.9 Å². The number of nitrogens with two attached hydrogens (primary N) is 1. The van der Waals surface area contributed by atoms with Crippen LogP contribution in [0.15, 0.2) is 36.4 Å². The van der Waals surface area contributed by atoms with Crippen LogP contribution in [0.4, 0.5) is 10.1 Å². The topological polar surface area (TPSA) is 26.0 Å². The van der Waals surface area contributed by atoms with Crippen molar-refractivity contribution in [3.63, 3.8) is 0 Å². The van der Waals surface area contributed by atoms with E-state index < -0.39 is 0 Å². The van der Waals surface area contributed by atoms with Crippen LogP contribution in [-0.4, -0.2) is 0 Å². The fourth-order valence-corrected chi connectivity index (χ4v) is 1.92. The van der Waals surface area contributed by atoms with E-state index in [4.69, 9.17) is 28.9 Å². The van der Waals surface area contributed by atoms with E-state index in [1.807, 2.05) is 0 Å². The molecule has 2 aromatic rings. The first kappa shape index (κ1) is 11.2. The third-order valence-corrected chi connectivity index (χ3v) is 2.89. The minimum atomic E-state index is -0.320. The second-order valence-electron chi connectivity index (χ2n) is 3.33. The average Bonchev–Trinajstić information content (AvgIpc) is 2.26. The summed E-state index contributed by atoms with van der Waals surface area (Å²) in [6.45, 7) is 0. The lowest BCUT2D eigenvalue weighted by molar-refractivity contribution is 0.631. The van der Waals surface area contributed by atoms with Crippen molar-refractivity contribution in [2.75, 3.05) is 5.73 Å². The van der Waals surface area contributed by atoms with E-state index in [9.17, 15) is 4.39 Å². The van der Waals surface area contributed by atoms with Crippen LogP contribution in [0.1, 0.15) is 0 Å². The molecule has 4 heteroatoms. The Hall–Kier alpha value is -1.25. The Balaban J connectivity index is 2.62. The van der Waals surface area contributed by atoms with Gasteiger partial charge >= 0.3 is 0 Å². The molecule has 1 nitrogen and oxygen atoms in total. The monoisotopic (exact) mass is 255 g/mol. The van der Waals surface area contributed by atoms with E-state index >= 15 is 0 Å². The molecule has 0 aliphatic carbocycles. The summed E-state index contributed by atoms with van der Waals surface area (Å²) in [6, 6.07) is 9.61. The predicted octanol–water partition coefficient (Wildman–Crippen LogP) is 4.38. The summed E-state index contributed by atoms with van der Waals surface area (Å²) in [5, 5.41) is 0.650. The molecule has 0 heterocycles. The number of halogens is 3. The van der Waals surface area contributed by atoms with Crippen LogP contribution in [0.3, 0.4) is 0 Å². The standard InChI is InChI=1S/C12H8Cl2FN/c13-9-5-7(6-10(14)12(9)16)8-3-1-2-4-11(8)15/h1-6H,16H2. The molecule has 0 aromatic heterocycles. The Bertz CT molecular complexity index is 517. The van der Waals surface area contributed by atoms with Crippen molar-refractivity contribution in [3.05, 3.63) is 52.3 Å². The second kappa shape index (κ2) is 4.32. The minimum absolute atomic E-state index is 0.309. The lowest BCUT2D eigenvalue weighted by Crippen LogP contribution is -1.90. The first-order valence-electron chi connectivity index (χ1n) is 4.59. The Morgan fingerprint density at radius 2 is 1.56 bits per heavy atom. The van der Waals surface area contributed by atoms with Crippen LogP contribution in [0.5, 0.6) is 0 Å². The van der Waals surface area contributed by atoms with Crippen molar-refractivity contribution < 1.29 is 4.39 Å². The number of nitrogen functional groups attached to an aromatic ring is 1. The summed E-state index contributed by atoms with van der Waals surface area (Å²) in [4.78, 5) is 0. The fourth-order valence-electron chi connectivity index (χ4n) is 1.44. The SMILES string of the molecule is Nc1c(Cl)cc(-c2ccccc2F)cc1Cl. The molecular weight excluding hydrogens is 248 g/mol. The summed E-state index contributed by atoms with van der Waals surface area (Å²) < 4.78 is 13.5. The van der Waals surface area contributed by atoms with E-state index in [1.54, 1.807) is 30.3 Å². The molecule has 0 unspecified atom stereocenters. The zero-order valence-electron chi connectivity index (χ0n) is 8.18. The fraction of sp³-hybridized carbons (Fsp3) is 0. The quantitative estimate of drug-likeness (QED) is 0.752. The molecule has 0 radical (unpaired) electrons. The highest BCUT2D eigenvalue weighted by Crippen LogP contribution is 2.34. The van der Waals surface area contributed by atoms with Gasteiger partial charge in [0.15, 0.2) is 0 Å². The van der Waals surface area contributed by atoms with E-state index in [0.717, 1.165) is 0 Å². The van der Waals surface area contributed by atoms with Crippen LogP contribution >= 0.6 is 23.2 Å². The molecule has 2 aromatic carbocycles. The molecular formula is C12H8Cl2FN. The molecule has 0 aliphatic rings. The van der Waals surface area contributed by atoms with Gasteiger partial charge in [0.2, 0.25) is 0 Å². The Labute approximate surface area is 103 Å². The Kier molecular flexibility index (Phi) is 3.03. The van der Waals surface area contributed by atoms with E-state index in [0.29, 0.717) is 26.9 Å². The third-order valence-electron chi connectivity index (χ3n) is 2.26. The van der Waals surface area contributed by atoms with Gasteiger partial charge in [0.25, 0.3) is 0 Å². The van der Waals surface area contributed by atoms with Crippen molar-refractivity contribution in [2.45, 2.75) is 0 Å². The average molecular weight is 256 g/mol. The Morgan fingerprint density at radius 1 is 1.00 bits per heavy atom. The van der Waals surface area contributed by atoms with Gasteiger partial charge in [-0.3, -0.25) is 0 Å². The maximum Gasteiger partial charge on any atom is 0.131 e. The highest BCUT2D eigenvalue weighted by molar-refractivity contribution is 6.39. The van der Waals surface area contributed by atoms with Crippen molar-refractivity contribution in [1.82, 2.24) is 0 Å². The summed E-state index contributed by atoms with van der Waals surface area (Å²) in [5.41, 5.74) is 6.98.